The van der Waals surface area contributed by atoms with E-state index < -0.39 is 6.04 Å². The maximum atomic E-state index is 13.4. The predicted octanol–water partition coefficient (Wildman–Crippen LogP) is 3.30. The van der Waals surface area contributed by atoms with Crippen molar-refractivity contribution in [2.24, 2.45) is 16.7 Å². The fourth-order valence-corrected chi connectivity index (χ4v) is 4.70. The molecule has 2 saturated carbocycles. The number of hydrogen-bond donors (Lipinski definition) is 0. The lowest BCUT2D eigenvalue weighted by molar-refractivity contribution is -0.141. The van der Waals surface area contributed by atoms with Gasteiger partial charge in [0.15, 0.2) is 0 Å². The Balaban J connectivity index is 1.61. The van der Waals surface area contributed by atoms with Crippen molar-refractivity contribution in [2.75, 3.05) is 4.90 Å². The number of anilines is 1. The molecule has 3 fully saturated rings. The molecule has 1 saturated heterocycles. The quantitative estimate of drug-likeness (QED) is 0.766. The number of aryl methyl sites for hydroxylation is 1. The third-order valence-electron chi connectivity index (χ3n) is 7.21. The summed E-state index contributed by atoms with van der Waals surface area (Å²) in [6.07, 6.45) is 1.92. The Hall–Kier alpha value is -2.17. The largest absolute Gasteiger partial charge is 0.327 e. The summed E-state index contributed by atoms with van der Waals surface area (Å²) in [7, 11) is 0. The second kappa shape index (κ2) is 5.66. The minimum absolute atomic E-state index is 0.0457. The fourth-order valence-electron chi connectivity index (χ4n) is 4.70. The maximum Gasteiger partial charge on any atom is 0.257 e. The Bertz CT molecular complexity index is 806. The highest BCUT2D eigenvalue weighted by atomic mass is 16.2. The summed E-state index contributed by atoms with van der Waals surface area (Å²) in [4.78, 5) is 42.2. The molecule has 0 spiro atoms. The van der Waals surface area contributed by atoms with Crippen LogP contribution in [0.4, 0.5) is 5.69 Å². The van der Waals surface area contributed by atoms with E-state index in [9.17, 15) is 14.4 Å². The van der Waals surface area contributed by atoms with E-state index in [1.54, 1.807) is 17.0 Å². The van der Waals surface area contributed by atoms with Gasteiger partial charge in [-0.15, -0.1) is 0 Å². The van der Waals surface area contributed by atoms with Gasteiger partial charge < -0.3 is 4.90 Å². The molecular formula is C22H28N2O3. The van der Waals surface area contributed by atoms with Gasteiger partial charge in [0.2, 0.25) is 11.8 Å². The molecule has 1 atom stereocenters. The van der Waals surface area contributed by atoms with Crippen LogP contribution in [0, 0.1) is 23.7 Å². The molecule has 0 N–H and O–H groups in total. The third kappa shape index (κ3) is 2.62. The summed E-state index contributed by atoms with van der Waals surface area (Å²) in [5.74, 6) is -0.534. The smallest absolute Gasteiger partial charge is 0.257 e. The number of nitrogens with zero attached hydrogens (tertiary/aromatic N) is 2. The molecule has 0 bridgehead atoms. The van der Waals surface area contributed by atoms with Crippen molar-refractivity contribution in [2.45, 2.75) is 66.0 Å². The molecule has 4 rings (SSSR count). The van der Waals surface area contributed by atoms with Crippen molar-refractivity contribution >= 4 is 23.4 Å². The Morgan fingerprint density at radius 2 is 1.59 bits per heavy atom. The van der Waals surface area contributed by atoms with Gasteiger partial charge in [-0.25, -0.2) is 4.90 Å². The second-order valence-electron chi connectivity index (χ2n) is 9.48. The number of imide groups is 1. The van der Waals surface area contributed by atoms with Gasteiger partial charge in [0.1, 0.15) is 6.04 Å². The Labute approximate surface area is 160 Å². The number of benzene rings is 1. The SMILES string of the molecule is Cc1ccc(N2C(=O)CC(N(C(=O)C3C(C)(C)C3(C)C)C3CC3)C2=O)cc1. The van der Waals surface area contributed by atoms with Gasteiger partial charge in [0.25, 0.3) is 5.91 Å². The number of rotatable bonds is 4. The molecule has 3 aliphatic rings. The van der Waals surface area contributed by atoms with E-state index in [4.69, 9.17) is 0 Å². The zero-order chi connectivity index (χ0) is 19.7. The Morgan fingerprint density at radius 1 is 1.04 bits per heavy atom. The van der Waals surface area contributed by atoms with Crippen LogP contribution in [0.3, 0.4) is 0 Å². The van der Waals surface area contributed by atoms with Crippen molar-refractivity contribution in [3.8, 4) is 0 Å². The van der Waals surface area contributed by atoms with E-state index in [0.717, 1.165) is 18.4 Å². The summed E-state index contributed by atoms with van der Waals surface area (Å²) in [5, 5.41) is 0. The zero-order valence-corrected chi connectivity index (χ0v) is 16.8. The van der Waals surface area contributed by atoms with Crippen LogP contribution >= 0.6 is 0 Å². The molecule has 1 aromatic rings. The highest BCUT2D eigenvalue weighted by Gasteiger charge is 2.70. The van der Waals surface area contributed by atoms with E-state index in [1.165, 1.54) is 4.90 Å². The molecule has 5 nitrogen and oxygen atoms in total. The third-order valence-corrected chi connectivity index (χ3v) is 7.21. The predicted molar refractivity (Wildman–Crippen MR) is 103 cm³/mol. The average Bonchev–Trinajstić information content (AvgIpc) is 3.43. The van der Waals surface area contributed by atoms with Crippen LogP contribution in [0.15, 0.2) is 24.3 Å². The number of carbonyl (C=O) groups is 3. The van der Waals surface area contributed by atoms with Crippen molar-refractivity contribution in [3.05, 3.63) is 29.8 Å². The maximum absolute atomic E-state index is 13.4. The van der Waals surface area contributed by atoms with Crippen LogP contribution in [0.1, 0.15) is 52.5 Å². The van der Waals surface area contributed by atoms with E-state index in [0.29, 0.717) is 5.69 Å². The van der Waals surface area contributed by atoms with Crippen LogP contribution in [-0.4, -0.2) is 34.7 Å². The highest BCUT2D eigenvalue weighted by molar-refractivity contribution is 6.23. The molecule has 0 aromatic heterocycles. The first-order valence-electron chi connectivity index (χ1n) is 9.83. The van der Waals surface area contributed by atoms with Crippen molar-refractivity contribution < 1.29 is 14.4 Å². The lowest BCUT2D eigenvalue weighted by Gasteiger charge is -2.28. The second-order valence-corrected chi connectivity index (χ2v) is 9.48. The van der Waals surface area contributed by atoms with Crippen LogP contribution in [-0.2, 0) is 14.4 Å². The molecule has 5 heteroatoms. The first-order valence-corrected chi connectivity index (χ1v) is 9.83. The number of hydrogen-bond acceptors (Lipinski definition) is 3. The van der Waals surface area contributed by atoms with Crippen molar-refractivity contribution in [3.63, 3.8) is 0 Å². The van der Waals surface area contributed by atoms with Gasteiger partial charge in [-0.2, -0.15) is 0 Å². The number of carbonyl (C=O) groups excluding carboxylic acids is 3. The lowest BCUT2D eigenvalue weighted by Crippen LogP contribution is -2.48. The molecule has 1 aromatic carbocycles. The van der Waals surface area contributed by atoms with Gasteiger partial charge >= 0.3 is 0 Å². The molecule has 0 radical (unpaired) electrons. The monoisotopic (exact) mass is 368 g/mol. The van der Waals surface area contributed by atoms with Gasteiger partial charge in [-0.3, -0.25) is 14.4 Å². The van der Waals surface area contributed by atoms with Gasteiger partial charge in [0.05, 0.1) is 12.1 Å². The van der Waals surface area contributed by atoms with Crippen molar-refractivity contribution in [1.29, 1.82) is 0 Å². The van der Waals surface area contributed by atoms with Crippen LogP contribution < -0.4 is 4.90 Å². The van der Waals surface area contributed by atoms with E-state index in [-0.39, 0.29) is 46.9 Å². The number of amides is 3. The minimum Gasteiger partial charge on any atom is -0.327 e. The van der Waals surface area contributed by atoms with E-state index in [2.05, 4.69) is 27.7 Å². The molecule has 144 valence electrons. The highest BCUT2D eigenvalue weighted by Crippen LogP contribution is 2.69. The molecule has 1 aliphatic heterocycles. The standard InChI is InChI=1S/C22H28N2O3/c1-13-6-8-15(9-7-13)24-17(25)12-16(19(24)26)23(14-10-11-14)20(27)18-21(2,3)22(18,4)5/h6-9,14,16,18H,10-12H2,1-5H3. The fraction of sp³-hybridized carbons (Fsp3) is 0.591. The summed E-state index contributed by atoms with van der Waals surface area (Å²) >= 11 is 0. The van der Waals surface area contributed by atoms with Gasteiger partial charge in [-0.1, -0.05) is 45.4 Å². The average molecular weight is 368 g/mol. The molecule has 1 heterocycles. The summed E-state index contributed by atoms with van der Waals surface area (Å²) in [5.41, 5.74) is 1.50. The molecule has 27 heavy (non-hydrogen) atoms. The lowest BCUT2D eigenvalue weighted by atomic mass is 10.0. The topological polar surface area (TPSA) is 57.7 Å². The van der Waals surface area contributed by atoms with Crippen LogP contribution in [0.5, 0.6) is 0 Å². The molecule has 2 aliphatic carbocycles. The summed E-state index contributed by atoms with van der Waals surface area (Å²) in [6.45, 7) is 10.4. The zero-order valence-electron chi connectivity index (χ0n) is 16.8. The first kappa shape index (κ1) is 18.2. The Kier molecular flexibility index (Phi) is 3.82. The molecular weight excluding hydrogens is 340 g/mol. The van der Waals surface area contributed by atoms with Gasteiger partial charge in [-0.05, 0) is 42.7 Å². The summed E-state index contributed by atoms with van der Waals surface area (Å²) in [6, 6.07) is 6.81. The molecule has 3 amide bonds. The minimum atomic E-state index is -0.661. The first-order chi connectivity index (χ1) is 12.6. The van der Waals surface area contributed by atoms with E-state index in [1.807, 2.05) is 19.1 Å². The van der Waals surface area contributed by atoms with E-state index >= 15 is 0 Å². The van der Waals surface area contributed by atoms with Crippen LogP contribution in [0.2, 0.25) is 0 Å². The van der Waals surface area contributed by atoms with Crippen LogP contribution in [0.25, 0.3) is 0 Å². The normalized spacial score (nSPS) is 26.4. The summed E-state index contributed by atoms with van der Waals surface area (Å²) < 4.78 is 0. The van der Waals surface area contributed by atoms with Crippen molar-refractivity contribution in [1.82, 2.24) is 4.90 Å². The van der Waals surface area contributed by atoms with Gasteiger partial charge in [0, 0.05) is 12.0 Å². The molecule has 1 unspecified atom stereocenters. The Morgan fingerprint density at radius 3 is 2.07 bits per heavy atom.